The van der Waals surface area contributed by atoms with Crippen LogP contribution in [0.5, 0.6) is 5.75 Å². The predicted octanol–water partition coefficient (Wildman–Crippen LogP) is 2.03. The molecule has 0 aliphatic carbocycles. The maximum atomic E-state index is 12.1. The highest BCUT2D eigenvalue weighted by atomic mass is 16.6. The molecular formula is C21H24O8. The van der Waals surface area contributed by atoms with E-state index in [1.165, 1.54) is 6.92 Å². The second-order valence-corrected chi connectivity index (χ2v) is 5.95. The molecule has 0 saturated carbocycles. The number of ketones is 1. The van der Waals surface area contributed by atoms with E-state index in [0.29, 0.717) is 5.75 Å². The Labute approximate surface area is 169 Å². The van der Waals surface area contributed by atoms with Gasteiger partial charge in [0.15, 0.2) is 0 Å². The average molecular weight is 404 g/mol. The zero-order chi connectivity index (χ0) is 21.8. The van der Waals surface area contributed by atoms with Gasteiger partial charge in [-0.25, -0.2) is 9.59 Å². The number of hydrogen-bond acceptors (Lipinski definition) is 8. The van der Waals surface area contributed by atoms with E-state index in [9.17, 15) is 19.2 Å². The third kappa shape index (κ3) is 8.42. The summed E-state index contributed by atoms with van der Waals surface area (Å²) >= 11 is 0. The molecule has 1 aromatic carbocycles. The lowest BCUT2D eigenvalue weighted by Gasteiger charge is -2.15. The van der Waals surface area contributed by atoms with Crippen molar-refractivity contribution in [3.63, 3.8) is 0 Å². The van der Waals surface area contributed by atoms with Crippen LogP contribution in [0.2, 0.25) is 0 Å². The molecule has 1 unspecified atom stereocenters. The van der Waals surface area contributed by atoms with Gasteiger partial charge in [0, 0.05) is 5.57 Å². The molecule has 1 atom stereocenters. The van der Waals surface area contributed by atoms with Crippen LogP contribution in [0.1, 0.15) is 13.8 Å². The molecule has 0 aromatic heterocycles. The molecule has 0 fully saturated rings. The van der Waals surface area contributed by atoms with Gasteiger partial charge in [0.1, 0.15) is 43.9 Å². The Morgan fingerprint density at radius 3 is 1.97 bits per heavy atom. The minimum absolute atomic E-state index is 0.0896. The molecule has 0 aliphatic heterocycles. The Morgan fingerprint density at radius 2 is 1.38 bits per heavy atom. The van der Waals surface area contributed by atoms with Gasteiger partial charge < -0.3 is 18.9 Å². The number of carbonyl (C=O) groups excluding carboxylic acids is 4. The van der Waals surface area contributed by atoms with Crippen molar-refractivity contribution < 1.29 is 38.1 Å². The van der Waals surface area contributed by atoms with Gasteiger partial charge in [-0.3, -0.25) is 9.59 Å². The summed E-state index contributed by atoms with van der Waals surface area (Å²) in [6.45, 7) is 8.99. The zero-order valence-electron chi connectivity index (χ0n) is 16.5. The highest BCUT2D eigenvalue weighted by molar-refractivity contribution is 6.08. The monoisotopic (exact) mass is 404 g/mol. The van der Waals surface area contributed by atoms with E-state index < -0.39 is 29.6 Å². The molecule has 0 radical (unpaired) electrons. The fraction of sp³-hybridized carbons (Fsp3) is 0.333. The van der Waals surface area contributed by atoms with E-state index in [1.54, 1.807) is 24.3 Å². The molecule has 29 heavy (non-hydrogen) atoms. The summed E-state index contributed by atoms with van der Waals surface area (Å²) < 4.78 is 20.0. The number of Topliss-reactive ketones (excluding diaryl/α,β-unsaturated/α-hetero) is 1. The molecule has 0 amide bonds. The van der Waals surface area contributed by atoms with Gasteiger partial charge in [0.05, 0.1) is 5.57 Å². The third-order valence-electron chi connectivity index (χ3n) is 3.49. The number of para-hydroxylation sites is 1. The van der Waals surface area contributed by atoms with Gasteiger partial charge in [-0.15, -0.1) is 0 Å². The second-order valence-electron chi connectivity index (χ2n) is 5.95. The van der Waals surface area contributed by atoms with Gasteiger partial charge in [0.25, 0.3) is 0 Å². The Hall–Kier alpha value is -3.42. The van der Waals surface area contributed by atoms with E-state index in [2.05, 4.69) is 13.2 Å². The highest BCUT2D eigenvalue weighted by Crippen LogP contribution is 2.15. The van der Waals surface area contributed by atoms with Crippen LogP contribution in [-0.4, -0.2) is 50.1 Å². The van der Waals surface area contributed by atoms with E-state index >= 15 is 0 Å². The first kappa shape index (κ1) is 23.6. The molecule has 0 aliphatic rings. The number of hydrogen-bond donors (Lipinski definition) is 0. The number of benzene rings is 1. The van der Waals surface area contributed by atoms with Crippen LogP contribution < -0.4 is 4.74 Å². The smallest absolute Gasteiger partial charge is 0.334 e. The molecule has 0 bridgehead atoms. The highest BCUT2D eigenvalue weighted by Gasteiger charge is 2.32. The molecular weight excluding hydrogens is 380 g/mol. The summed E-state index contributed by atoms with van der Waals surface area (Å²) in [5.41, 5.74) is -0.147. The minimum atomic E-state index is -1.51. The van der Waals surface area contributed by atoms with Crippen LogP contribution in [0.25, 0.3) is 0 Å². The molecule has 8 nitrogen and oxygen atoms in total. The second kappa shape index (κ2) is 12.1. The Kier molecular flexibility index (Phi) is 9.87. The average Bonchev–Trinajstić information content (AvgIpc) is 2.68. The minimum Gasteiger partial charge on any atom is -0.490 e. The van der Waals surface area contributed by atoms with E-state index in [-0.39, 0.29) is 37.6 Å². The number of rotatable bonds is 12. The molecule has 1 aromatic rings. The first-order valence-electron chi connectivity index (χ1n) is 8.77. The molecule has 0 heterocycles. The summed E-state index contributed by atoms with van der Waals surface area (Å²) in [6.07, 6.45) is 0. The van der Waals surface area contributed by atoms with Gasteiger partial charge in [-0.05, 0) is 26.0 Å². The maximum absolute atomic E-state index is 12.1. The van der Waals surface area contributed by atoms with Crippen molar-refractivity contribution in [3.8, 4) is 5.75 Å². The van der Waals surface area contributed by atoms with E-state index in [4.69, 9.17) is 18.9 Å². The fourth-order valence-electron chi connectivity index (χ4n) is 2.06. The number of esters is 3. The van der Waals surface area contributed by atoms with E-state index in [0.717, 1.165) is 6.92 Å². The van der Waals surface area contributed by atoms with Crippen LogP contribution in [0, 0.1) is 5.92 Å². The molecule has 0 saturated heterocycles. The molecule has 0 spiro atoms. The lowest BCUT2D eigenvalue weighted by molar-refractivity contribution is -0.156. The van der Waals surface area contributed by atoms with Crippen molar-refractivity contribution in [1.29, 1.82) is 0 Å². The first-order valence-corrected chi connectivity index (χ1v) is 8.77. The van der Waals surface area contributed by atoms with Gasteiger partial charge in [0.2, 0.25) is 0 Å². The largest absolute Gasteiger partial charge is 0.490 e. The summed E-state index contributed by atoms with van der Waals surface area (Å²) in [6, 6.07) is 8.92. The standard InChI is InChI=1S/C21H24O8/c1-14(2)19(23)27-12-13-29-21(25)18(16(4)22)15(3)20(24)28-11-10-26-17-8-6-5-7-9-17/h5-9,18H,1,3,10-13H2,2,4H3. The molecule has 156 valence electrons. The van der Waals surface area contributed by atoms with Crippen LogP contribution in [0.15, 0.2) is 54.6 Å². The lowest BCUT2D eigenvalue weighted by Crippen LogP contribution is -2.31. The summed E-state index contributed by atoms with van der Waals surface area (Å²) in [7, 11) is 0. The fourth-order valence-corrected chi connectivity index (χ4v) is 2.06. The quantitative estimate of drug-likeness (QED) is 0.171. The topological polar surface area (TPSA) is 105 Å². The number of ether oxygens (including phenoxy) is 4. The van der Waals surface area contributed by atoms with Crippen LogP contribution in [-0.2, 0) is 33.4 Å². The Morgan fingerprint density at radius 1 is 0.828 bits per heavy atom. The number of carbonyl (C=O) groups is 4. The first-order chi connectivity index (χ1) is 13.7. The van der Waals surface area contributed by atoms with Crippen molar-refractivity contribution in [2.45, 2.75) is 13.8 Å². The van der Waals surface area contributed by atoms with Gasteiger partial charge >= 0.3 is 17.9 Å². The van der Waals surface area contributed by atoms with E-state index in [1.807, 2.05) is 6.07 Å². The zero-order valence-corrected chi connectivity index (χ0v) is 16.5. The summed E-state index contributed by atoms with van der Waals surface area (Å²) in [4.78, 5) is 47.2. The molecule has 1 rings (SSSR count). The Balaban J connectivity index is 2.45. The predicted molar refractivity (Wildman–Crippen MR) is 103 cm³/mol. The maximum Gasteiger partial charge on any atom is 0.334 e. The van der Waals surface area contributed by atoms with Crippen molar-refractivity contribution in [2.24, 2.45) is 5.92 Å². The van der Waals surface area contributed by atoms with Crippen LogP contribution >= 0.6 is 0 Å². The summed E-state index contributed by atoms with van der Waals surface area (Å²) in [5.74, 6) is -4.04. The normalized spacial score (nSPS) is 11.0. The van der Waals surface area contributed by atoms with Crippen molar-refractivity contribution in [3.05, 3.63) is 54.6 Å². The third-order valence-corrected chi connectivity index (χ3v) is 3.49. The molecule has 0 N–H and O–H groups in total. The summed E-state index contributed by atoms with van der Waals surface area (Å²) in [5, 5.41) is 0. The van der Waals surface area contributed by atoms with Crippen LogP contribution in [0.3, 0.4) is 0 Å². The van der Waals surface area contributed by atoms with Crippen molar-refractivity contribution in [1.82, 2.24) is 0 Å². The van der Waals surface area contributed by atoms with Crippen molar-refractivity contribution >= 4 is 23.7 Å². The van der Waals surface area contributed by atoms with Crippen LogP contribution in [0.4, 0.5) is 0 Å². The lowest BCUT2D eigenvalue weighted by atomic mass is 9.97. The van der Waals surface area contributed by atoms with Gasteiger partial charge in [-0.2, -0.15) is 0 Å². The van der Waals surface area contributed by atoms with Crippen molar-refractivity contribution in [2.75, 3.05) is 26.4 Å². The van der Waals surface area contributed by atoms with Gasteiger partial charge in [-0.1, -0.05) is 31.4 Å². The molecule has 8 heteroatoms. The SMILES string of the molecule is C=C(C)C(=O)OCCOC(=O)C(C(=C)C(=O)OCCOc1ccccc1)C(C)=O. The Bertz CT molecular complexity index is 766.